The summed E-state index contributed by atoms with van der Waals surface area (Å²) in [6.45, 7) is 0. The fourth-order valence-electron chi connectivity index (χ4n) is 4.97. The molecule has 3 rings (SSSR count). The maximum absolute atomic E-state index is 14.1. The van der Waals surface area contributed by atoms with Crippen molar-refractivity contribution >= 4 is 16.7 Å². The molecule has 0 aromatic heterocycles. The van der Waals surface area contributed by atoms with Gasteiger partial charge in [0.05, 0.1) is 18.3 Å². The zero-order chi connectivity index (χ0) is 22.4. The molecule has 0 heterocycles. The SMILES string of the molecule is O=C(O)CCCCCCC1C(O)CC(O)C1CCC(O)c1ccc2cccc(F)c2c1. The monoisotopic (exact) mass is 432 g/mol. The van der Waals surface area contributed by atoms with Gasteiger partial charge in [0.15, 0.2) is 0 Å². The Labute approximate surface area is 182 Å². The van der Waals surface area contributed by atoms with Crippen molar-refractivity contribution in [1.29, 1.82) is 0 Å². The maximum atomic E-state index is 14.1. The molecule has 0 radical (unpaired) electrons. The quantitative estimate of drug-likeness (QED) is 0.390. The van der Waals surface area contributed by atoms with E-state index in [2.05, 4.69) is 0 Å². The maximum Gasteiger partial charge on any atom is 0.303 e. The Morgan fingerprint density at radius 3 is 2.45 bits per heavy atom. The van der Waals surface area contributed by atoms with Crippen LogP contribution in [0.2, 0.25) is 0 Å². The fourth-order valence-corrected chi connectivity index (χ4v) is 4.97. The van der Waals surface area contributed by atoms with Crippen LogP contribution in [0.5, 0.6) is 0 Å². The molecule has 0 saturated heterocycles. The van der Waals surface area contributed by atoms with Crippen LogP contribution in [0.3, 0.4) is 0 Å². The van der Waals surface area contributed by atoms with Crippen LogP contribution in [0.1, 0.15) is 69.5 Å². The van der Waals surface area contributed by atoms with E-state index in [-0.39, 0.29) is 24.1 Å². The largest absolute Gasteiger partial charge is 0.481 e. The molecule has 6 heteroatoms. The Morgan fingerprint density at radius 1 is 1.00 bits per heavy atom. The van der Waals surface area contributed by atoms with E-state index in [0.717, 1.165) is 31.1 Å². The highest BCUT2D eigenvalue weighted by atomic mass is 19.1. The van der Waals surface area contributed by atoms with Crippen molar-refractivity contribution in [1.82, 2.24) is 0 Å². The average molecular weight is 433 g/mol. The first-order valence-corrected chi connectivity index (χ1v) is 11.3. The van der Waals surface area contributed by atoms with Crippen LogP contribution in [0, 0.1) is 17.7 Å². The number of aliphatic carboxylic acids is 1. The van der Waals surface area contributed by atoms with Crippen molar-refractivity contribution in [2.75, 3.05) is 0 Å². The molecule has 170 valence electrons. The molecule has 1 saturated carbocycles. The summed E-state index contributed by atoms with van der Waals surface area (Å²) >= 11 is 0. The van der Waals surface area contributed by atoms with Gasteiger partial charge in [-0.3, -0.25) is 4.79 Å². The minimum Gasteiger partial charge on any atom is -0.481 e. The zero-order valence-electron chi connectivity index (χ0n) is 17.8. The molecule has 2 aromatic carbocycles. The van der Waals surface area contributed by atoms with E-state index >= 15 is 0 Å². The van der Waals surface area contributed by atoms with Gasteiger partial charge in [-0.05, 0) is 67.0 Å². The fraction of sp³-hybridized carbons (Fsp3) is 0.560. The van der Waals surface area contributed by atoms with Gasteiger partial charge in [0.2, 0.25) is 0 Å². The van der Waals surface area contributed by atoms with Gasteiger partial charge < -0.3 is 20.4 Å². The Morgan fingerprint density at radius 2 is 1.71 bits per heavy atom. The third-order valence-corrected chi connectivity index (χ3v) is 6.71. The zero-order valence-corrected chi connectivity index (χ0v) is 17.8. The predicted molar refractivity (Wildman–Crippen MR) is 117 cm³/mol. The summed E-state index contributed by atoms with van der Waals surface area (Å²) in [5.74, 6) is -1.19. The Hall–Kier alpha value is -2.02. The summed E-state index contributed by atoms with van der Waals surface area (Å²) in [6.07, 6.45) is 3.74. The standard InChI is InChI=1S/C25H33FO5/c26-21-8-5-6-16-10-11-17(14-20(16)21)22(27)13-12-19-18(23(28)15-24(19)29)7-3-1-2-4-9-25(30)31/h5-6,8,10-11,14,18-19,22-24,27-29H,1-4,7,9,12-13,15H2,(H,30,31). The van der Waals surface area contributed by atoms with E-state index in [1.54, 1.807) is 24.3 Å². The number of halogens is 1. The van der Waals surface area contributed by atoms with Gasteiger partial charge in [0.1, 0.15) is 5.82 Å². The van der Waals surface area contributed by atoms with Gasteiger partial charge in [0.25, 0.3) is 0 Å². The minimum atomic E-state index is -0.776. The van der Waals surface area contributed by atoms with E-state index in [9.17, 15) is 24.5 Å². The molecule has 1 aliphatic carbocycles. The van der Waals surface area contributed by atoms with Crippen molar-refractivity contribution in [3.63, 3.8) is 0 Å². The van der Waals surface area contributed by atoms with Crippen LogP contribution in [-0.2, 0) is 4.79 Å². The van der Waals surface area contributed by atoms with Crippen LogP contribution in [-0.4, -0.2) is 38.6 Å². The first-order valence-electron chi connectivity index (χ1n) is 11.3. The smallest absolute Gasteiger partial charge is 0.303 e. The average Bonchev–Trinajstić information content (AvgIpc) is 3.01. The predicted octanol–water partition coefficient (Wildman–Crippen LogP) is 4.58. The number of hydrogen-bond donors (Lipinski definition) is 4. The molecule has 0 bridgehead atoms. The van der Waals surface area contributed by atoms with Crippen LogP contribution in [0.15, 0.2) is 36.4 Å². The Balaban J connectivity index is 1.53. The molecule has 1 aliphatic rings. The third-order valence-electron chi connectivity index (χ3n) is 6.71. The summed E-state index contributed by atoms with van der Waals surface area (Å²) in [6, 6.07) is 10.2. The normalized spacial score (nSPS) is 24.5. The lowest BCUT2D eigenvalue weighted by molar-refractivity contribution is -0.137. The van der Waals surface area contributed by atoms with Crippen LogP contribution in [0.4, 0.5) is 4.39 Å². The minimum absolute atomic E-state index is 0.0179. The second kappa shape index (κ2) is 11.0. The van der Waals surface area contributed by atoms with Gasteiger partial charge >= 0.3 is 5.97 Å². The second-order valence-corrected chi connectivity index (χ2v) is 8.86. The summed E-state index contributed by atoms with van der Waals surface area (Å²) in [5.41, 5.74) is 0.653. The number of carboxylic acid groups (broad SMARTS) is 1. The molecule has 4 N–H and O–H groups in total. The second-order valence-electron chi connectivity index (χ2n) is 8.86. The number of carbonyl (C=O) groups is 1. The Bertz CT molecular complexity index is 870. The molecule has 0 amide bonds. The van der Waals surface area contributed by atoms with E-state index in [1.807, 2.05) is 6.07 Å². The molecule has 5 atom stereocenters. The van der Waals surface area contributed by atoms with Crippen molar-refractivity contribution in [3.8, 4) is 0 Å². The van der Waals surface area contributed by atoms with Gasteiger partial charge in [-0.2, -0.15) is 0 Å². The van der Waals surface area contributed by atoms with E-state index < -0.39 is 24.3 Å². The molecule has 0 spiro atoms. The highest BCUT2D eigenvalue weighted by Gasteiger charge is 2.40. The highest BCUT2D eigenvalue weighted by molar-refractivity contribution is 5.83. The number of rotatable bonds is 11. The number of benzene rings is 2. The van der Waals surface area contributed by atoms with Crippen LogP contribution >= 0.6 is 0 Å². The molecule has 2 aromatic rings. The molecule has 1 fully saturated rings. The van der Waals surface area contributed by atoms with Crippen molar-refractivity contribution in [2.24, 2.45) is 11.8 Å². The van der Waals surface area contributed by atoms with Gasteiger partial charge in [-0.1, -0.05) is 43.5 Å². The van der Waals surface area contributed by atoms with E-state index in [0.29, 0.717) is 36.6 Å². The summed E-state index contributed by atoms with van der Waals surface area (Å²) in [7, 11) is 0. The molecule has 0 aliphatic heterocycles. The van der Waals surface area contributed by atoms with Crippen LogP contribution in [0.25, 0.3) is 10.8 Å². The number of aliphatic hydroxyl groups is 3. The summed E-state index contributed by atoms with van der Waals surface area (Å²) < 4.78 is 14.1. The number of unbranched alkanes of at least 4 members (excludes halogenated alkanes) is 3. The topological polar surface area (TPSA) is 98.0 Å². The highest BCUT2D eigenvalue weighted by Crippen LogP contribution is 2.40. The lowest BCUT2D eigenvalue weighted by atomic mass is 9.84. The lowest BCUT2D eigenvalue weighted by Crippen LogP contribution is -2.23. The molecular formula is C25H33FO5. The number of aliphatic hydroxyl groups excluding tert-OH is 3. The van der Waals surface area contributed by atoms with Gasteiger partial charge in [-0.25, -0.2) is 4.39 Å². The number of carboxylic acids is 1. The molecule has 31 heavy (non-hydrogen) atoms. The third kappa shape index (κ3) is 6.25. The first-order chi connectivity index (χ1) is 14.9. The Kier molecular flexibility index (Phi) is 8.41. The van der Waals surface area contributed by atoms with Gasteiger partial charge in [0, 0.05) is 11.8 Å². The van der Waals surface area contributed by atoms with Crippen molar-refractivity contribution < 1.29 is 29.6 Å². The molecule has 5 nitrogen and oxygen atoms in total. The van der Waals surface area contributed by atoms with Gasteiger partial charge in [-0.15, -0.1) is 0 Å². The summed E-state index contributed by atoms with van der Waals surface area (Å²) in [5, 5.41) is 41.5. The number of fused-ring (bicyclic) bond motifs is 1. The summed E-state index contributed by atoms with van der Waals surface area (Å²) in [4.78, 5) is 10.6. The van der Waals surface area contributed by atoms with E-state index in [4.69, 9.17) is 5.11 Å². The van der Waals surface area contributed by atoms with Crippen LogP contribution < -0.4 is 0 Å². The van der Waals surface area contributed by atoms with Crippen molar-refractivity contribution in [2.45, 2.75) is 76.1 Å². The number of hydrogen-bond acceptors (Lipinski definition) is 4. The lowest BCUT2D eigenvalue weighted by Gasteiger charge is -2.25. The van der Waals surface area contributed by atoms with E-state index in [1.165, 1.54) is 6.07 Å². The molecular weight excluding hydrogens is 399 g/mol. The first kappa shape index (κ1) is 23.6. The molecule has 5 unspecified atom stereocenters. The van der Waals surface area contributed by atoms with Crippen molar-refractivity contribution in [3.05, 3.63) is 47.8 Å².